The predicted octanol–water partition coefficient (Wildman–Crippen LogP) is 3.66. The molecule has 0 aliphatic carbocycles. The van der Waals surface area contributed by atoms with Crippen molar-refractivity contribution in [2.45, 2.75) is 25.1 Å². The van der Waals surface area contributed by atoms with Gasteiger partial charge in [-0.25, -0.2) is 0 Å². The van der Waals surface area contributed by atoms with Gasteiger partial charge in [0.25, 0.3) is 0 Å². The Balaban J connectivity index is 2.32. The molecule has 0 saturated carbocycles. The topological polar surface area (TPSA) is 15.3 Å². The number of nitrogens with zero attached hydrogens (tertiary/aromatic N) is 1. The lowest BCUT2D eigenvalue weighted by molar-refractivity contribution is -0.137. The highest BCUT2D eigenvalue weighted by molar-refractivity contribution is 9.10. The molecule has 1 fully saturated rings. The molecule has 1 heterocycles. The highest BCUT2D eigenvalue weighted by Crippen LogP contribution is 2.38. The maximum absolute atomic E-state index is 13.1. The van der Waals surface area contributed by atoms with E-state index in [-0.39, 0.29) is 11.7 Å². The first-order chi connectivity index (χ1) is 8.89. The second kappa shape index (κ2) is 5.71. The molecule has 1 atom stereocenters. The summed E-state index contributed by atoms with van der Waals surface area (Å²) in [5.74, 6) is 0. The Bertz CT molecular complexity index is 442. The Hall–Kier alpha value is -0.750. The Labute approximate surface area is 119 Å². The van der Waals surface area contributed by atoms with E-state index in [2.05, 4.69) is 21.2 Å². The largest absolute Gasteiger partial charge is 0.418 e. The van der Waals surface area contributed by atoms with Crippen molar-refractivity contribution in [3.8, 4) is 0 Å². The highest BCUT2D eigenvalue weighted by Gasteiger charge is 2.35. The minimum atomic E-state index is -4.34. The van der Waals surface area contributed by atoms with E-state index in [1.165, 1.54) is 6.07 Å². The van der Waals surface area contributed by atoms with E-state index in [1.807, 2.05) is 0 Å². The Morgan fingerprint density at radius 1 is 1.37 bits per heavy atom. The van der Waals surface area contributed by atoms with Crippen LogP contribution >= 0.6 is 15.9 Å². The molecular weight excluding hydrogens is 321 g/mol. The van der Waals surface area contributed by atoms with Crippen molar-refractivity contribution in [1.29, 1.82) is 0 Å². The number of piperidine rings is 1. The first kappa shape index (κ1) is 14.7. The minimum Gasteiger partial charge on any atom is -0.370 e. The fraction of sp³-hybridized carbons (Fsp3) is 0.538. The molecule has 6 heteroatoms. The van der Waals surface area contributed by atoms with Gasteiger partial charge in [0.05, 0.1) is 5.56 Å². The third-order valence-corrected chi connectivity index (χ3v) is 3.96. The summed E-state index contributed by atoms with van der Waals surface area (Å²) in [7, 11) is 1.73. The summed E-state index contributed by atoms with van der Waals surface area (Å²) in [5, 5.41) is 3.22. The minimum absolute atomic E-state index is 0.107. The van der Waals surface area contributed by atoms with E-state index in [0.717, 1.165) is 32.0 Å². The van der Waals surface area contributed by atoms with Crippen molar-refractivity contribution < 1.29 is 13.2 Å². The summed E-state index contributed by atoms with van der Waals surface area (Å²) < 4.78 is 39.7. The maximum Gasteiger partial charge on any atom is 0.418 e. The van der Waals surface area contributed by atoms with Crippen LogP contribution in [0.3, 0.4) is 0 Å². The summed E-state index contributed by atoms with van der Waals surface area (Å²) in [6.45, 7) is 1.67. The van der Waals surface area contributed by atoms with Crippen molar-refractivity contribution in [3.63, 3.8) is 0 Å². The Kier molecular flexibility index (Phi) is 4.40. The lowest BCUT2D eigenvalue weighted by atomic mass is 10.0. The number of likely N-dealkylation sites (N-methyl/N-ethyl adjacent to an activating group) is 1. The molecule has 0 aromatic heterocycles. The van der Waals surface area contributed by atoms with Crippen LogP contribution < -0.4 is 10.2 Å². The third-order valence-electron chi connectivity index (χ3n) is 3.46. The molecule has 2 rings (SSSR count). The highest BCUT2D eigenvalue weighted by atomic mass is 79.9. The summed E-state index contributed by atoms with van der Waals surface area (Å²) in [6.07, 6.45) is -2.43. The van der Waals surface area contributed by atoms with Crippen molar-refractivity contribution in [2.75, 3.05) is 25.0 Å². The van der Waals surface area contributed by atoms with Gasteiger partial charge < -0.3 is 10.2 Å². The van der Waals surface area contributed by atoms with Crippen LogP contribution in [0.1, 0.15) is 18.4 Å². The quantitative estimate of drug-likeness (QED) is 0.886. The van der Waals surface area contributed by atoms with E-state index in [4.69, 9.17) is 0 Å². The number of hydrogen-bond acceptors (Lipinski definition) is 2. The smallest absolute Gasteiger partial charge is 0.370 e. The molecule has 0 amide bonds. The lowest BCUT2D eigenvalue weighted by Crippen LogP contribution is -2.44. The molecule has 0 radical (unpaired) electrons. The van der Waals surface area contributed by atoms with E-state index < -0.39 is 11.7 Å². The SMILES string of the molecule is CN(c1ccc(Br)cc1C(F)(F)F)C1CCCNC1. The molecule has 1 aliphatic rings. The number of hydrogen-bond donors (Lipinski definition) is 1. The van der Waals surface area contributed by atoms with E-state index in [9.17, 15) is 13.2 Å². The first-order valence-electron chi connectivity index (χ1n) is 6.20. The van der Waals surface area contributed by atoms with Gasteiger partial charge in [0.1, 0.15) is 0 Å². The molecule has 1 N–H and O–H groups in total. The number of nitrogens with one attached hydrogen (secondary N) is 1. The second-order valence-corrected chi connectivity index (χ2v) is 5.69. The van der Waals surface area contributed by atoms with Gasteiger partial charge >= 0.3 is 6.18 Å². The average Bonchev–Trinajstić information content (AvgIpc) is 2.38. The van der Waals surface area contributed by atoms with Gasteiger partial charge in [0, 0.05) is 29.8 Å². The summed E-state index contributed by atoms with van der Waals surface area (Å²) in [5.41, 5.74) is -0.348. The van der Waals surface area contributed by atoms with Crippen molar-refractivity contribution in [2.24, 2.45) is 0 Å². The van der Waals surface area contributed by atoms with E-state index >= 15 is 0 Å². The molecule has 19 heavy (non-hydrogen) atoms. The van der Waals surface area contributed by atoms with E-state index in [0.29, 0.717) is 4.47 Å². The van der Waals surface area contributed by atoms with Crippen molar-refractivity contribution in [3.05, 3.63) is 28.2 Å². The molecule has 1 aliphatic heterocycles. The van der Waals surface area contributed by atoms with Gasteiger partial charge in [0.15, 0.2) is 0 Å². The number of benzene rings is 1. The predicted molar refractivity (Wildman–Crippen MR) is 73.4 cm³/mol. The zero-order valence-corrected chi connectivity index (χ0v) is 12.2. The zero-order valence-electron chi connectivity index (χ0n) is 10.6. The molecular formula is C13H16BrF3N2. The van der Waals surface area contributed by atoms with Crippen molar-refractivity contribution >= 4 is 21.6 Å². The van der Waals surface area contributed by atoms with Crippen molar-refractivity contribution in [1.82, 2.24) is 5.32 Å². The van der Waals surface area contributed by atoms with Crippen LogP contribution in [0.15, 0.2) is 22.7 Å². The number of alkyl halides is 3. The standard InChI is InChI=1S/C13H16BrF3N2/c1-19(10-3-2-6-18-8-10)12-5-4-9(14)7-11(12)13(15,16)17/h4-5,7,10,18H,2-3,6,8H2,1H3. The number of rotatable bonds is 2. The molecule has 1 saturated heterocycles. The Morgan fingerprint density at radius 2 is 2.11 bits per heavy atom. The monoisotopic (exact) mass is 336 g/mol. The average molecular weight is 337 g/mol. The molecule has 1 aromatic rings. The summed E-state index contributed by atoms with van der Waals surface area (Å²) in [6, 6.07) is 4.43. The first-order valence-corrected chi connectivity index (χ1v) is 6.99. The molecule has 0 bridgehead atoms. The van der Waals surface area contributed by atoms with Crippen LogP contribution in [0.2, 0.25) is 0 Å². The summed E-state index contributed by atoms with van der Waals surface area (Å²) >= 11 is 3.10. The summed E-state index contributed by atoms with van der Waals surface area (Å²) in [4.78, 5) is 1.74. The van der Waals surface area contributed by atoms with Gasteiger partial charge in [-0.2, -0.15) is 13.2 Å². The molecule has 0 spiro atoms. The van der Waals surface area contributed by atoms with Crippen LogP contribution in [0.5, 0.6) is 0 Å². The van der Waals surface area contributed by atoms with Crippen LogP contribution in [0.25, 0.3) is 0 Å². The number of anilines is 1. The van der Waals surface area contributed by atoms with Crippen LogP contribution in [0.4, 0.5) is 18.9 Å². The van der Waals surface area contributed by atoms with Gasteiger partial charge in [-0.05, 0) is 37.6 Å². The van der Waals surface area contributed by atoms with Gasteiger partial charge in [-0.3, -0.25) is 0 Å². The van der Waals surface area contributed by atoms with Gasteiger partial charge in [-0.1, -0.05) is 15.9 Å². The maximum atomic E-state index is 13.1. The normalized spacial score (nSPS) is 20.4. The van der Waals surface area contributed by atoms with Gasteiger partial charge in [-0.15, -0.1) is 0 Å². The molecule has 2 nitrogen and oxygen atoms in total. The fourth-order valence-electron chi connectivity index (χ4n) is 2.40. The van der Waals surface area contributed by atoms with Crippen LogP contribution in [0, 0.1) is 0 Å². The second-order valence-electron chi connectivity index (χ2n) is 4.77. The zero-order chi connectivity index (χ0) is 14.0. The number of halogens is 4. The van der Waals surface area contributed by atoms with Crippen LogP contribution in [-0.2, 0) is 6.18 Å². The molecule has 1 unspecified atom stereocenters. The lowest BCUT2D eigenvalue weighted by Gasteiger charge is -2.34. The van der Waals surface area contributed by atoms with Crippen LogP contribution in [-0.4, -0.2) is 26.2 Å². The Morgan fingerprint density at radius 3 is 2.68 bits per heavy atom. The third kappa shape index (κ3) is 3.42. The van der Waals surface area contributed by atoms with E-state index in [1.54, 1.807) is 18.0 Å². The van der Waals surface area contributed by atoms with Gasteiger partial charge in [0.2, 0.25) is 0 Å². The fourth-order valence-corrected chi connectivity index (χ4v) is 2.76. The molecule has 1 aromatic carbocycles. The molecule has 106 valence electrons.